The molecule has 1 amide bonds. The topological polar surface area (TPSA) is 84.9 Å². The molecule has 0 aliphatic heterocycles. The van der Waals surface area contributed by atoms with Gasteiger partial charge >= 0.3 is 12.1 Å². The second-order valence-corrected chi connectivity index (χ2v) is 6.17. The molecular formula is C12H23NO5. The molecule has 0 aliphatic carbocycles. The third kappa shape index (κ3) is 7.11. The van der Waals surface area contributed by atoms with E-state index < -0.39 is 29.0 Å². The van der Waals surface area contributed by atoms with E-state index in [4.69, 9.17) is 14.7 Å². The smallest absolute Gasteiger partial charge is 0.431 e. The van der Waals surface area contributed by atoms with Crippen LogP contribution in [-0.4, -0.2) is 29.4 Å². The molecule has 0 aromatic heterocycles. The minimum absolute atomic E-state index is 0.113. The molecular weight excluding hydrogens is 238 g/mol. The van der Waals surface area contributed by atoms with Crippen LogP contribution in [0.3, 0.4) is 0 Å². The fourth-order valence-electron chi connectivity index (χ4n) is 1.17. The average molecular weight is 261 g/mol. The summed E-state index contributed by atoms with van der Waals surface area (Å²) in [5, 5.41) is 9.04. The lowest BCUT2D eigenvalue weighted by molar-refractivity contribution is -0.150. The molecule has 0 bridgehead atoms. The zero-order valence-corrected chi connectivity index (χ0v) is 11.9. The zero-order chi connectivity index (χ0) is 14.6. The lowest BCUT2D eigenvalue weighted by Gasteiger charge is -2.26. The Morgan fingerprint density at radius 3 is 2.00 bits per heavy atom. The van der Waals surface area contributed by atoms with Gasteiger partial charge in [-0.1, -0.05) is 20.8 Å². The number of rotatable bonds is 4. The molecule has 18 heavy (non-hydrogen) atoms. The highest BCUT2D eigenvalue weighted by Gasteiger charge is 2.31. The van der Waals surface area contributed by atoms with Gasteiger partial charge in [-0.25, -0.2) is 4.79 Å². The average Bonchev–Trinajstić information content (AvgIpc) is 2.06. The zero-order valence-electron chi connectivity index (χ0n) is 11.9. The second kappa shape index (κ2) is 6.04. The Kier molecular flexibility index (Phi) is 5.60. The minimum atomic E-state index is -0.964. The van der Waals surface area contributed by atoms with Crippen molar-refractivity contribution < 1.29 is 24.3 Å². The van der Waals surface area contributed by atoms with Crippen LogP contribution < -0.4 is 5.48 Å². The molecule has 2 N–H and O–H groups in total. The van der Waals surface area contributed by atoms with Gasteiger partial charge in [0.1, 0.15) is 5.60 Å². The van der Waals surface area contributed by atoms with Crippen molar-refractivity contribution in [3.63, 3.8) is 0 Å². The molecule has 0 saturated heterocycles. The van der Waals surface area contributed by atoms with Crippen molar-refractivity contribution in [3.05, 3.63) is 0 Å². The highest BCUT2D eigenvalue weighted by Crippen LogP contribution is 2.26. The summed E-state index contributed by atoms with van der Waals surface area (Å²) in [6.45, 7) is 10.4. The Bertz CT molecular complexity index is 301. The van der Waals surface area contributed by atoms with Gasteiger partial charge in [-0.2, -0.15) is 5.48 Å². The predicted molar refractivity (Wildman–Crippen MR) is 65.9 cm³/mol. The summed E-state index contributed by atoms with van der Waals surface area (Å²) in [5.41, 5.74) is 0.994. The van der Waals surface area contributed by atoms with E-state index in [1.165, 1.54) is 0 Å². The van der Waals surface area contributed by atoms with Crippen LogP contribution >= 0.6 is 0 Å². The Balaban J connectivity index is 4.17. The number of carbonyl (C=O) groups is 2. The molecule has 0 radical (unpaired) electrons. The van der Waals surface area contributed by atoms with Crippen LogP contribution in [0.4, 0.5) is 4.79 Å². The van der Waals surface area contributed by atoms with Crippen LogP contribution in [0, 0.1) is 11.3 Å². The van der Waals surface area contributed by atoms with Gasteiger partial charge in [0.25, 0.3) is 0 Å². The number of carbonyl (C=O) groups excluding carboxylic acids is 1. The Hall–Kier alpha value is -1.30. The Morgan fingerprint density at radius 2 is 1.67 bits per heavy atom. The van der Waals surface area contributed by atoms with Crippen LogP contribution in [0.1, 0.15) is 41.5 Å². The van der Waals surface area contributed by atoms with Crippen molar-refractivity contribution >= 4 is 12.1 Å². The number of aliphatic carboxylic acids is 1. The summed E-state index contributed by atoms with van der Waals surface area (Å²) >= 11 is 0. The molecule has 1 unspecified atom stereocenters. The first-order valence-corrected chi connectivity index (χ1v) is 5.77. The maximum Gasteiger partial charge on any atom is 0.431 e. The summed E-state index contributed by atoms with van der Waals surface area (Å²) in [7, 11) is 0. The number of hydrogen-bond acceptors (Lipinski definition) is 4. The van der Waals surface area contributed by atoms with E-state index >= 15 is 0 Å². The van der Waals surface area contributed by atoms with Crippen molar-refractivity contribution in [2.75, 3.05) is 6.61 Å². The molecule has 1 atom stereocenters. The molecule has 0 heterocycles. The molecule has 0 aromatic carbocycles. The molecule has 6 heteroatoms. The van der Waals surface area contributed by atoms with Gasteiger partial charge in [0, 0.05) is 0 Å². The first-order chi connectivity index (χ1) is 7.93. The van der Waals surface area contributed by atoms with Crippen LogP contribution in [0.25, 0.3) is 0 Å². The molecule has 0 saturated carbocycles. The monoisotopic (exact) mass is 261 g/mol. The molecule has 0 spiro atoms. The Labute approximate surface area is 108 Å². The maximum absolute atomic E-state index is 11.3. The normalized spacial score (nSPS) is 13.9. The number of nitrogens with one attached hydrogen (secondary N) is 1. The van der Waals surface area contributed by atoms with Gasteiger partial charge in [-0.15, -0.1) is 0 Å². The number of carboxylic acids is 1. The van der Waals surface area contributed by atoms with E-state index in [2.05, 4.69) is 5.48 Å². The molecule has 0 fully saturated rings. The summed E-state index contributed by atoms with van der Waals surface area (Å²) in [4.78, 5) is 27.2. The van der Waals surface area contributed by atoms with Crippen LogP contribution in [-0.2, 0) is 14.4 Å². The lowest BCUT2D eigenvalue weighted by Crippen LogP contribution is -2.38. The van der Waals surface area contributed by atoms with Gasteiger partial charge in [-0.3, -0.25) is 9.63 Å². The van der Waals surface area contributed by atoms with E-state index in [1.54, 1.807) is 41.5 Å². The van der Waals surface area contributed by atoms with Gasteiger partial charge in [0.15, 0.2) is 0 Å². The third-order valence-electron chi connectivity index (χ3n) is 2.15. The van der Waals surface area contributed by atoms with Crippen LogP contribution in [0.5, 0.6) is 0 Å². The highest BCUT2D eigenvalue weighted by molar-refractivity contribution is 5.71. The van der Waals surface area contributed by atoms with Crippen molar-refractivity contribution in [1.82, 2.24) is 5.48 Å². The quantitative estimate of drug-likeness (QED) is 0.758. The van der Waals surface area contributed by atoms with Crippen LogP contribution in [0.2, 0.25) is 0 Å². The Morgan fingerprint density at radius 1 is 1.17 bits per heavy atom. The van der Waals surface area contributed by atoms with Gasteiger partial charge < -0.3 is 9.84 Å². The SMILES string of the molecule is CC(C)(C)OC(=O)NOCC(C(=O)O)C(C)(C)C. The number of hydrogen-bond donors (Lipinski definition) is 2. The maximum atomic E-state index is 11.3. The van der Waals surface area contributed by atoms with Gasteiger partial charge in [0.2, 0.25) is 0 Å². The van der Waals surface area contributed by atoms with E-state index in [9.17, 15) is 9.59 Å². The van der Waals surface area contributed by atoms with Gasteiger partial charge in [0.05, 0.1) is 12.5 Å². The second-order valence-electron chi connectivity index (χ2n) is 6.17. The molecule has 0 rings (SSSR count). The first kappa shape index (κ1) is 16.7. The lowest BCUT2D eigenvalue weighted by atomic mass is 9.81. The van der Waals surface area contributed by atoms with E-state index in [0.717, 1.165) is 0 Å². The fourth-order valence-corrected chi connectivity index (χ4v) is 1.17. The van der Waals surface area contributed by atoms with E-state index in [1.807, 2.05) is 0 Å². The minimum Gasteiger partial charge on any atom is -0.481 e. The number of hydroxylamine groups is 1. The molecule has 0 aromatic rings. The molecule has 106 valence electrons. The first-order valence-electron chi connectivity index (χ1n) is 5.77. The summed E-state index contributed by atoms with van der Waals surface area (Å²) < 4.78 is 4.94. The van der Waals surface area contributed by atoms with E-state index in [0.29, 0.717) is 0 Å². The van der Waals surface area contributed by atoms with Crippen molar-refractivity contribution in [2.24, 2.45) is 11.3 Å². The molecule has 0 aliphatic rings. The third-order valence-corrected chi connectivity index (χ3v) is 2.15. The summed E-state index contributed by atoms with van der Waals surface area (Å²) in [5.74, 6) is -1.68. The largest absolute Gasteiger partial charge is 0.481 e. The van der Waals surface area contributed by atoms with Crippen molar-refractivity contribution in [2.45, 2.75) is 47.1 Å². The highest BCUT2D eigenvalue weighted by atomic mass is 16.7. The molecule has 6 nitrogen and oxygen atoms in total. The summed E-state index contributed by atoms with van der Waals surface area (Å²) in [6, 6.07) is 0. The number of ether oxygens (including phenoxy) is 1. The standard InChI is InChI=1S/C12H23NO5/c1-11(2,3)8(9(14)15)7-17-13-10(16)18-12(4,5)6/h8H,7H2,1-6H3,(H,13,16)(H,14,15). The van der Waals surface area contributed by atoms with E-state index in [-0.39, 0.29) is 6.61 Å². The van der Waals surface area contributed by atoms with Crippen molar-refractivity contribution in [1.29, 1.82) is 0 Å². The van der Waals surface area contributed by atoms with Crippen LogP contribution in [0.15, 0.2) is 0 Å². The predicted octanol–water partition coefficient (Wildman–Crippen LogP) is 2.19. The van der Waals surface area contributed by atoms with Gasteiger partial charge in [-0.05, 0) is 26.2 Å². The number of amides is 1. The van der Waals surface area contributed by atoms with Crippen molar-refractivity contribution in [3.8, 4) is 0 Å². The number of carboxylic acid groups (broad SMARTS) is 1. The summed E-state index contributed by atoms with van der Waals surface area (Å²) in [6.07, 6.45) is -0.736. The fraction of sp³-hybridized carbons (Fsp3) is 0.833.